The number of amides is 2. The third-order valence-corrected chi connectivity index (χ3v) is 2.87. The monoisotopic (exact) mass is 352 g/mol. The van der Waals surface area contributed by atoms with E-state index >= 15 is 0 Å². The molecule has 0 atom stereocenters. The van der Waals surface area contributed by atoms with Crippen molar-refractivity contribution in [2.45, 2.75) is 59.3 Å². The van der Waals surface area contributed by atoms with Crippen molar-refractivity contribution >= 4 is 17.9 Å². The van der Waals surface area contributed by atoms with Crippen LogP contribution in [0.4, 0.5) is 15.3 Å². The second-order valence-corrected chi connectivity index (χ2v) is 7.62. The second kappa shape index (κ2) is 7.63. The lowest BCUT2D eigenvalue weighted by Crippen LogP contribution is -2.43. The maximum Gasteiger partial charge on any atom is 0.420 e. The number of anilines is 1. The summed E-state index contributed by atoms with van der Waals surface area (Å²) in [4.78, 5) is 25.8. The minimum Gasteiger partial charge on any atom is -0.495 e. The highest BCUT2D eigenvalue weighted by atomic mass is 16.6. The number of rotatable bonds is 3. The zero-order valence-electron chi connectivity index (χ0n) is 16.0. The number of hydrogen-bond acceptors (Lipinski definition) is 6. The topological polar surface area (TPSA) is 91.1 Å². The molecule has 1 aromatic carbocycles. The standard InChI is InChI=1S/C18H28N2O5/c1-17(2,3)24-15(21)20(16(22)25-18(4,5)6)11-12-8-9-13(19)14(10-12)23-7/h8-10H,11,19H2,1-7H3. The molecular weight excluding hydrogens is 324 g/mol. The van der Waals surface area contributed by atoms with Gasteiger partial charge in [-0.05, 0) is 59.2 Å². The van der Waals surface area contributed by atoms with Gasteiger partial charge in [-0.15, -0.1) is 0 Å². The first kappa shape index (κ1) is 20.6. The van der Waals surface area contributed by atoms with Crippen molar-refractivity contribution in [3.63, 3.8) is 0 Å². The van der Waals surface area contributed by atoms with Crippen molar-refractivity contribution < 1.29 is 23.8 Å². The molecule has 1 rings (SSSR count). The molecule has 1 aromatic rings. The van der Waals surface area contributed by atoms with Crippen molar-refractivity contribution in [2.75, 3.05) is 12.8 Å². The van der Waals surface area contributed by atoms with Gasteiger partial charge in [0.1, 0.15) is 17.0 Å². The Bertz CT molecular complexity index is 601. The molecule has 2 amide bonds. The Morgan fingerprint density at radius 2 is 1.48 bits per heavy atom. The molecule has 0 heterocycles. The first-order valence-electron chi connectivity index (χ1n) is 7.98. The summed E-state index contributed by atoms with van der Waals surface area (Å²) in [7, 11) is 1.50. The van der Waals surface area contributed by atoms with Crippen molar-refractivity contribution in [1.29, 1.82) is 0 Å². The van der Waals surface area contributed by atoms with Gasteiger partial charge < -0.3 is 19.9 Å². The van der Waals surface area contributed by atoms with E-state index in [2.05, 4.69) is 0 Å². The van der Waals surface area contributed by atoms with Crippen LogP contribution in [0.15, 0.2) is 18.2 Å². The average molecular weight is 352 g/mol. The largest absolute Gasteiger partial charge is 0.495 e. The Labute approximate surface area is 149 Å². The molecule has 0 spiro atoms. The molecule has 0 aliphatic rings. The van der Waals surface area contributed by atoms with Crippen LogP contribution in [-0.2, 0) is 16.0 Å². The molecule has 25 heavy (non-hydrogen) atoms. The van der Waals surface area contributed by atoms with Gasteiger partial charge in [-0.3, -0.25) is 0 Å². The molecule has 140 valence electrons. The van der Waals surface area contributed by atoms with Gasteiger partial charge in [0, 0.05) is 0 Å². The Morgan fingerprint density at radius 3 is 1.88 bits per heavy atom. The van der Waals surface area contributed by atoms with E-state index in [1.54, 1.807) is 59.7 Å². The number of nitrogens with two attached hydrogens (primary N) is 1. The van der Waals surface area contributed by atoms with Gasteiger partial charge in [0.25, 0.3) is 0 Å². The molecule has 0 saturated heterocycles. The zero-order valence-corrected chi connectivity index (χ0v) is 16.0. The number of benzene rings is 1. The van der Waals surface area contributed by atoms with E-state index in [0.717, 1.165) is 4.90 Å². The molecule has 2 N–H and O–H groups in total. The number of carbonyl (C=O) groups is 2. The molecule has 0 aliphatic carbocycles. The first-order valence-corrected chi connectivity index (χ1v) is 7.98. The maximum atomic E-state index is 12.5. The third-order valence-electron chi connectivity index (χ3n) is 2.87. The smallest absolute Gasteiger partial charge is 0.420 e. The lowest BCUT2D eigenvalue weighted by molar-refractivity contribution is -0.000257. The van der Waals surface area contributed by atoms with Crippen LogP contribution in [0, 0.1) is 0 Å². The van der Waals surface area contributed by atoms with Crippen molar-refractivity contribution in [3.8, 4) is 5.75 Å². The van der Waals surface area contributed by atoms with E-state index < -0.39 is 23.4 Å². The van der Waals surface area contributed by atoms with Gasteiger partial charge >= 0.3 is 12.2 Å². The fraction of sp³-hybridized carbons (Fsp3) is 0.556. The van der Waals surface area contributed by atoms with Crippen LogP contribution in [0.3, 0.4) is 0 Å². The van der Waals surface area contributed by atoms with Crippen molar-refractivity contribution in [1.82, 2.24) is 4.90 Å². The summed E-state index contributed by atoms with van der Waals surface area (Å²) in [5.74, 6) is 0.464. The van der Waals surface area contributed by atoms with Gasteiger partial charge in [-0.2, -0.15) is 0 Å². The van der Waals surface area contributed by atoms with Crippen LogP contribution >= 0.6 is 0 Å². The fourth-order valence-corrected chi connectivity index (χ4v) is 1.87. The van der Waals surface area contributed by atoms with Crippen LogP contribution in [0.1, 0.15) is 47.1 Å². The van der Waals surface area contributed by atoms with Crippen LogP contribution in [-0.4, -0.2) is 35.4 Å². The molecule has 0 aliphatic heterocycles. The Morgan fingerprint density at radius 1 is 1.00 bits per heavy atom. The minimum atomic E-state index is -0.780. The number of carbonyl (C=O) groups excluding carboxylic acids is 2. The summed E-state index contributed by atoms with van der Waals surface area (Å²) in [5.41, 5.74) is 5.44. The van der Waals surface area contributed by atoms with E-state index in [1.165, 1.54) is 7.11 Å². The number of nitrogens with zero attached hydrogens (tertiary/aromatic N) is 1. The van der Waals surface area contributed by atoms with Crippen molar-refractivity contribution in [3.05, 3.63) is 23.8 Å². The fourth-order valence-electron chi connectivity index (χ4n) is 1.87. The predicted octanol–water partition coefficient (Wildman–Crippen LogP) is 3.95. The highest BCUT2D eigenvalue weighted by Crippen LogP contribution is 2.24. The molecule has 0 fully saturated rings. The number of hydrogen-bond donors (Lipinski definition) is 1. The molecule has 0 unspecified atom stereocenters. The van der Waals surface area contributed by atoms with Gasteiger partial charge in [0.05, 0.1) is 19.3 Å². The SMILES string of the molecule is COc1cc(CN(C(=O)OC(C)(C)C)C(=O)OC(C)(C)C)ccc1N. The quantitative estimate of drug-likeness (QED) is 0.828. The Kier molecular flexibility index (Phi) is 6.29. The summed E-state index contributed by atoms with van der Waals surface area (Å²) >= 11 is 0. The van der Waals surface area contributed by atoms with Gasteiger partial charge in [-0.1, -0.05) is 6.07 Å². The maximum absolute atomic E-state index is 12.5. The van der Waals surface area contributed by atoms with Crippen molar-refractivity contribution in [2.24, 2.45) is 0 Å². The van der Waals surface area contributed by atoms with Crippen LogP contribution in [0.25, 0.3) is 0 Å². The van der Waals surface area contributed by atoms with Crippen LogP contribution < -0.4 is 10.5 Å². The Hall–Kier alpha value is -2.44. The highest BCUT2D eigenvalue weighted by molar-refractivity contribution is 5.88. The molecule has 0 saturated carbocycles. The second-order valence-electron chi connectivity index (χ2n) is 7.62. The summed E-state index contributed by atoms with van der Waals surface area (Å²) in [6.45, 7) is 10.3. The van der Waals surface area contributed by atoms with Gasteiger partial charge in [0.2, 0.25) is 0 Å². The number of ether oxygens (including phenoxy) is 3. The molecular formula is C18H28N2O5. The van der Waals surface area contributed by atoms with E-state index in [1.807, 2.05) is 0 Å². The molecule has 0 aromatic heterocycles. The minimum absolute atomic E-state index is 0.0273. The molecule has 7 heteroatoms. The van der Waals surface area contributed by atoms with Gasteiger partial charge in [0.15, 0.2) is 0 Å². The van der Waals surface area contributed by atoms with E-state index in [0.29, 0.717) is 17.0 Å². The average Bonchev–Trinajstić information content (AvgIpc) is 2.42. The lowest BCUT2D eigenvalue weighted by atomic mass is 10.1. The predicted molar refractivity (Wildman–Crippen MR) is 95.4 cm³/mol. The molecule has 0 bridgehead atoms. The van der Waals surface area contributed by atoms with Crippen LogP contribution in [0.2, 0.25) is 0 Å². The molecule has 7 nitrogen and oxygen atoms in total. The molecule has 0 radical (unpaired) electrons. The third kappa shape index (κ3) is 6.91. The van der Waals surface area contributed by atoms with Gasteiger partial charge in [-0.25, -0.2) is 14.5 Å². The number of nitrogen functional groups attached to an aromatic ring is 1. The summed E-state index contributed by atoms with van der Waals surface area (Å²) in [6.07, 6.45) is -1.56. The number of imide groups is 1. The Balaban J connectivity index is 3.09. The van der Waals surface area contributed by atoms with E-state index in [9.17, 15) is 9.59 Å². The highest BCUT2D eigenvalue weighted by Gasteiger charge is 2.31. The lowest BCUT2D eigenvalue weighted by Gasteiger charge is -2.28. The number of methoxy groups -OCH3 is 1. The van der Waals surface area contributed by atoms with Crippen LogP contribution in [0.5, 0.6) is 5.75 Å². The summed E-state index contributed by atoms with van der Waals surface area (Å²) in [6, 6.07) is 5.02. The summed E-state index contributed by atoms with van der Waals surface area (Å²) < 4.78 is 15.8. The van der Waals surface area contributed by atoms with E-state index in [4.69, 9.17) is 19.9 Å². The normalized spacial score (nSPS) is 11.6. The first-order chi connectivity index (χ1) is 11.3. The summed E-state index contributed by atoms with van der Waals surface area (Å²) in [5, 5.41) is 0. The zero-order chi connectivity index (χ0) is 19.4. The van der Waals surface area contributed by atoms with E-state index in [-0.39, 0.29) is 6.54 Å².